The van der Waals surface area contributed by atoms with Crippen LogP contribution in [0, 0.1) is 0 Å². The number of halogens is 1. The summed E-state index contributed by atoms with van der Waals surface area (Å²) < 4.78 is 5.24. The molecular weight excluding hydrogens is 336 g/mol. The van der Waals surface area contributed by atoms with Crippen molar-refractivity contribution in [3.63, 3.8) is 0 Å². The second-order valence-electron chi connectivity index (χ2n) is 6.48. The Bertz CT molecular complexity index is 725. The van der Waals surface area contributed by atoms with Gasteiger partial charge in [-0.1, -0.05) is 23.7 Å². The lowest BCUT2D eigenvalue weighted by Gasteiger charge is -2.23. The molecule has 0 bridgehead atoms. The van der Waals surface area contributed by atoms with Crippen LogP contribution in [-0.4, -0.2) is 26.1 Å². The smallest absolute Gasteiger partial charge is 0.259 e. The quantitative estimate of drug-likeness (QED) is 0.861. The predicted octanol–water partition coefficient (Wildman–Crippen LogP) is 3.17. The molecule has 2 N–H and O–H groups in total. The molecule has 0 spiro atoms. The molecule has 1 amide bonds. The summed E-state index contributed by atoms with van der Waals surface area (Å²) in [7, 11) is 1.54. The van der Waals surface area contributed by atoms with Gasteiger partial charge in [0.15, 0.2) is 0 Å². The number of ether oxygens (including phenoxy) is 1. The van der Waals surface area contributed by atoms with Crippen LogP contribution < -0.4 is 15.0 Å². The van der Waals surface area contributed by atoms with E-state index in [2.05, 4.69) is 17.4 Å². The lowest BCUT2D eigenvalue weighted by molar-refractivity contribution is -0.918. The molecule has 1 heterocycles. The molecule has 0 aliphatic carbocycles. The van der Waals surface area contributed by atoms with Gasteiger partial charge in [-0.25, -0.2) is 0 Å². The number of nitrogens with one attached hydrogen (secondary N) is 2. The van der Waals surface area contributed by atoms with Gasteiger partial charge < -0.3 is 15.0 Å². The maximum atomic E-state index is 12.5. The van der Waals surface area contributed by atoms with E-state index in [9.17, 15) is 4.79 Å². The van der Waals surface area contributed by atoms with E-state index in [0.29, 0.717) is 16.3 Å². The number of benzene rings is 2. The monoisotopic (exact) mass is 359 g/mol. The number of methoxy groups -OCH3 is 1. The number of hydrogen-bond donors (Lipinski definition) is 2. The van der Waals surface area contributed by atoms with Crippen molar-refractivity contribution in [1.29, 1.82) is 0 Å². The van der Waals surface area contributed by atoms with E-state index in [1.807, 2.05) is 12.1 Å². The molecule has 5 heteroatoms. The van der Waals surface area contributed by atoms with Gasteiger partial charge in [0.05, 0.1) is 25.8 Å². The fraction of sp³-hybridized carbons (Fsp3) is 0.350. The van der Waals surface area contributed by atoms with Crippen molar-refractivity contribution in [2.75, 3.05) is 25.5 Å². The van der Waals surface area contributed by atoms with Crippen molar-refractivity contribution < 1.29 is 14.4 Å². The van der Waals surface area contributed by atoms with Crippen molar-refractivity contribution in [3.05, 3.63) is 58.6 Å². The molecule has 3 rings (SSSR count). The molecule has 0 unspecified atom stereocenters. The summed E-state index contributed by atoms with van der Waals surface area (Å²) in [6, 6.07) is 13.1. The van der Waals surface area contributed by atoms with Crippen LogP contribution in [0.2, 0.25) is 5.02 Å². The van der Waals surface area contributed by atoms with Gasteiger partial charge in [-0.15, -0.1) is 0 Å². The topological polar surface area (TPSA) is 42.8 Å². The number of anilines is 1. The predicted molar refractivity (Wildman–Crippen MR) is 101 cm³/mol. The van der Waals surface area contributed by atoms with Gasteiger partial charge in [-0.3, -0.25) is 4.79 Å². The molecule has 2 aromatic carbocycles. The fourth-order valence-electron chi connectivity index (χ4n) is 3.28. The molecule has 0 saturated carbocycles. The molecule has 0 aromatic heterocycles. The Labute approximate surface area is 153 Å². The zero-order valence-corrected chi connectivity index (χ0v) is 15.2. The molecule has 1 aliphatic rings. The highest BCUT2D eigenvalue weighted by Gasteiger charge is 2.15. The fourth-order valence-corrected chi connectivity index (χ4v) is 3.45. The number of likely N-dealkylation sites (tertiary alicyclic amines) is 1. The van der Waals surface area contributed by atoms with E-state index in [1.54, 1.807) is 23.1 Å². The molecule has 4 nitrogen and oxygen atoms in total. The summed E-state index contributed by atoms with van der Waals surface area (Å²) in [6.45, 7) is 3.57. The molecule has 25 heavy (non-hydrogen) atoms. The van der Waals surface area contributed by atoms with Crippen molar-refractivity contribution in [3.8, 4) is 5.75 Å². The second kappa shape index (κ2) is 8.37. The summed E-state index contributed by atoms with van der Waals surface area (Å²) >= 11 is 6.00. The first-order valence-electron chi connectivity index (χ1n) is 8.73. The summed E-state index contributed by atoms with van der Waals surface area (Å²) in [5.74, 6) is 0.279. The van der Waals surface area contributed by atoms with E-state index in [0.717, 1.165) is 12.2 Å². The summed E-state index contributed by atoms with van der Waals surface area (Å²) in [5, 5.41) is 3.41. The summed E-state index contributed by atoms with van der Waals surface area (Å²) in [6.07, 6.45) is 4.01. The largest absolute Gasteiger partial charge is 0.496 e. The van der Waals surface area contributed by atoms with Crippen LogP contribution in [-0.2, 0) is 6.54 Å². The molecule has 1 fully saturated rings. The first-order valence-corrected chi connectivity index (χ1v) is 9.11. The number of piperidine rings is 1. The van der Waals surface area contributed by atoms with Crippen LogP contribution in [0.1, 0.15) is 35.2 Å². The third-order valence-electron chi connectivity index (χ3n) is 4.63. The van der Waals surface area contributed by atoms with Crippen LogP contribution >= 0.6 is 11.6 Å². The van der Waals surface area contributed by atoms with Gasteiger partial charge >= 0.3 is 0 Å². The minimum absolute atomic E-state index is 0.228. The van der Waals surface area contributed by atoms with Gasteiger partial charge in [0, 0.05) is 16.3 Å². The summed E-state index contributed by atoms with van der Waals surface area (Å²) in [5.41, 5.74) is 2.50. The van der Waals surface area contributed by atoms with Crippen molar-refractivity contribution in [2.24, 2.45) is 0 Å². The zero-order chi connectivity index (χ0) is 17.6. The van der Waals surface area contributed by atoms with Crippen LogP contribution in [0.3, 0.4) is 0 Å². The van der Waals surface area contributed by atoms with Crippen LogP contribution in [0.25, 0.3) is 0 Å². The third-order valence-corrected chi connectivity index (χ3v) is 4.87. The minimum atomic E-state index is -0.228. The average Bonchev–Trinajstić information content (AvgIpc) is 2.64. The number of rotatable bonds is 5. The molecule has 2 aromatic rings. The Morgan fingerprint density at radius 1 is 1.12 bits per heavy atom. The van der Waals surface area contributed by atoms with E-state index in [4.69, 9.17) is 16.3 Å². The van der Waals surface area contributed by atoms with E-state index >= 15 is 0 Å². The zero-order valence-electron chi connectivity index (χ0n) is 14.5. The molecule has 0 atom stereocenters. The molecule has 0 radical (unpaired) electrons. The van der Waals surface area contributed by atoms with Gasteiger partial charge in [0.1, 0.15) is 12.3 Å². The van der Waals surface area contributed by atoms with E-state index in [-0.39, 0.29) is 5.91 Å². The SMILES string of the molecule is COc1ccc(Cl)cc1C(=O)Nc1ccc(C[NH+]2CCCCC2)cc1. The number of carbonyl (C=O) groups is 1. The normalized spacial score (nSPS) is 15.0. The Morgan fingerprint density at radius 3 is 2.52 bits per heavy atom. The second-order valence-corrected chi connectivity index (χ2v) is 6.92. The minimum Gasteiger partial charge on any atom is -0.496 e. The van der Waals surface area contributed by atoms with E-state index in [1.165, 1.54) is 45.0 Å². The highest BCUT2D eigenvalue weighted by atomic mass is 35.5. The highest BCUT2D eigenvalue weighted by molar-refractivity contribution is 6.31. The lowest BCUT2D eigenvalue weighted by atomic mass is 10.1. The first-order chi connectivity index (χ1) is 12.2. The lowest BCUT2D eigenvalue weighted by Crippen LogP contribution is -3.11. The van der Waals surface area contributed by atoms with Crippen molar-refractivity contribution >= 4 is 23.2 Å². The highest BCUT2D eigenvalue weighted by Crippen LogP contribution is 2.23. The van der Waals surface area contributed by atoms with Crippen LogP contribution in [0.4, 0.5) is 5.69 Å². The van der Waals surface area contributed by atoms with Crippen LogP contribution in [0.5, 0.6) is 5.75 Å². The maximum absolute atomic E-state index is 12.5. The average molecular weight is 360 g/mol. The number of amides is 1. The number of hydrogen-bond acceptors (Lipinski definition) is 2. The third kappa shape index (κ3) is 4.74. The molecule has 1 aliphatic heterocycles. The van der Waals surface area contributed by atoms with E-state index < -0.39 is 0 Å². The first kappa shape index (κ1) is 17.8. The van der Waals surface area contributed by atoms with Gasteiger partial charge in [-0.05, 0) is 49.6 Å². The molecule has 1 saturated heterocycles. The Hall–Kier alpha value is -2.04. The van der Waals surface area contributed by atoms with Crippen molar-refractivity contribution in [2.45, 2.75) is 25.8 Å². The number of quaternary nitrogens is 1. The van der Waals surface area contributed by atoms with Gasteiger partial charge in [-0.2, -0.15) is 0 Å². The molecular formula is C20H24ClN2O2+. The Morgan fingerprint density at radius 2 is 1.84 bits per heavy atom. The van der Waals surface area contributed by atoms with Crippen molar-refractivity contribution in [1.82, 2.24) is 0 Å². The van der Waals surface area contributed by atoms with Crippen LogP contribution in [0.15, 0.2) is 42.5 Å². The van der Waals surface area contributed by atoms with Gasteiger partial charge in [0.2, 0.25) is 0 Å². The standard InChI is InChI=1S/C20H23ClN2O2/c1-25-19-10-7-16(21)13-18(19)20(24)22-17-8-5-15(6-9-17)14-23-11-3-2-4-12-23/h5-10,13H,2-4,11-12,14H2,1H3,(H,22,24)/p+1. The maximum Gasteiger partial charge on any atom is 0.259 e. The summed E-state index contributed by atoms with van der Waals surface area (Å²) in [4.78, 5) is 14.1. The Kier molecular flexibility index (Phi) is 5.95. The Balaban J connectivity index is 1.65. The molecule has 132 valence electrons. The number of carbonyl (C=O) groups excluding carboxylic acids is 1. The van der Waals surface area contributed by atoms with Gasteiger partial charge in [0.25, 0.3) is 5.91 Å².